The first-order valence-electron chi connectivity index (χ1n) is 12.8. The monoisotopic (exact) mass is 544 g/mol. The van der Waals surface area contributed by atoms with Crippen LogP contribution in [0.5, 0.6) is 0 Å². The van der Waals surface area contributed by atoms with Crippen molar-refractivity contribution in [1.29, 1.82) is 0 Å². The molecule has 0 saturated heterocycles. The molecule has 9 heteroatoms. The van der Waals surface area contributed by atoms with Gasteiger partial charge in [-0.3, -0.25) is 14.2 Å². The van der Waals surface area contributed by atoms with E-state index < -0.39 is 0 Å². The van der Waals surface area contributed by atoms with Crippen molar-refractivity contribution in [2.75, 3.05) is 5.75 Å². The highest BCUT2D eigenvalue weighted by Crippen LogP contribution is 2.37. The Balaban J connectivity index is 1.45. The maximum atomic E-state index is 14.0. The molecule has 2 aromatic carbocycles. The molecule has 0 saturated carbocycles. The van der Waals surface area contributed by atoms with Crippen LogP contribution in [0, 0.1) is 5.92 Å². The Morgan fingerprint density at radius 2 is 1.84 bits per heavy atom. The fourth-order valence-corrected chi connectivity index (χ4v) is 7.06. The van der Waals surface area contributed by atoms with Gasteiger partial charge >= 0.3 is 0 Å². The van der Waals surface area contributed by atoms with E-state index in [2.05, 4.69) is 36.2 Å². The molecule has 0 fully saturated rings. The van der Waals surface area contributed by atoms with Gasteiger partial charge in [-0.15, -0.1) is 21.5 Å². The van der Waals surface area contributed by atoms with Crippen molar-refractivity contribution >= 4 is 44.9 Å². The molecule has 3 aromatic heterocycles. The number of fused-ring (bicyclic) bond motifs is 5. The maximum absolute atomic E-state index is 14.0. The molecule has 4 heterocycles. The van der Waals surface area contributed by atoms with Gasteiger partial charge in [0.1, 0.15) is 4.83 Å². The molecule has 0 unspecified atom stereocenters. The van der Waals surface area contributed by atoms with Gasteiger partial charge < -0.3 is 4.74 Å². The summed E-state index contributed by atoms with van der Waals surface area (Å²) in [6.07, 6.45) is 1.49. The summed E-state index contributed by atoms with van der Waals surface area (Å²) in [6, 6.07) is 19.4. The second kappa shape index (κ2) is 10.5. The standard InChI is InChI=1S/C29H28N4O3S2/c1-18(2)23-15-21-24(16-36-23)38-27-25(21)26(35)32(14-13-19-9-5-3-6-10-19)28-30-31-29(33(27)28)37-17-22(34)20-11-7-4-8-12-20/h3-12,18,23H,13-17H2,1-2H3/t23-/m1/s1. The number of hydrogen-bond acceptors (Lipinski definition) is 7. The molecule has 194 valence electrons. The van der Waals surface area contributed by atoms with E-state index >= 15 is 0 Å². The quantitative estimate of drug-likeness (QED) is 0.192. The number of carbonyl (C=O) groups excluding carboxylic acids is 1. The first-order chi connectivity index (χ1) is 18.5. The van der Waals surface area contributed by atoms with Crippen LogP contribution in [-0.4, -0.2) is 36.8 Å². The SMILES string of the molecule is CC(C)[C@H]1Cc2c(sc3c2c(=O)n(CCc2ccccc2)c2nnc(SCC(=O)c4ccccc4)n32)CO1. The molecule has 5 aromatic rings. The Hall–Kier alpha value is -3.27. The van der Waals surface area contributed by atoms with Gasteiger partial charge in [0.15, 0.2) is 10.9 Å². The molecule has 0 bridgehead atoms. The summed E-state index contributed by atoms with van der Waals surface area (Å²) in [5.74, 6) is 1.12. The van der Waals surface area contributed by atoms with Crippen LogP contribution in [0.4, 0.5) is 0 Å². The summed E-state index contributed by atoms with van der Waals surface area (Å²) in [4.78, 5) is 28.8. The van der Waals surface area contributed by atoms with E-state index in [1.54, 1.807) is 15.9 Å². The van der Waals surface area contributed by atoms with Crippen molar-refractivity contribution in [2.24, 2.45) is 5.92 Å². The van der Waals surface area contributed by atoms with Gasteiger partial charge in [-0.1, -0.05) is 86.3 Å². The van der Waals surface area contributed by atoms with Gasteiger partial charge in [0, 0.05) is 23.4 Å². The van der Waals surface area contributed by atoms with Crippen LogP contribution in [0.3, 0.4) is 0 Å². The zero-order valence-corrected chi connectivity index (χ0v) is 22.9. The smallest absolute Gasteiger partial charge is 0.263 e. The van der Waals surface area contributed by atoms with E-state index in [1.807, 2.05) is 52.9 Å². The lowest BCUT2D eigenvalue weighted by molar-refractivity contribution is 0.00200. The van der Waals surface area contributed by atoms with Crippen molar-refractivity contribution in [3.05, 3.63) is 92.6 Å². The molecule has 1 atom stereocenters. The number of benzene rings is 2. The van der Waals surface area contributed by atoms with Crippen LogP contribution in [-0.2, 0) is 30.7 Å². The van der Waals surface area contributed by atoms with E-state index in [1.165, 1.54) is 11.8 Å². The molecule has 1 aliphatic heterocycles. The van der Waals surface area contributed by atoms with Gasteiger partial charge in [-0.2, -0.15) is 0 Å². The second-order valence-corrected chi connectivity index (χ2v) is 11.9. The molecule has 0 radical (unpaired) electrons. The second-order valence-electron chi connectivity index (χ2n) is 9.87. The average molecular weight is 545 g/mol. The molecule has 0 spiro atoms. The Morgan fingerprint density at radius 1 is 1.11 bits per heavy atom. The molecule has 38 heavy (non-hydrogen) atoms. The molecule has 0 aliphatic carbocycles. The van der Waals surface area contributed by atoms with Crippen molar-refractivity contribution in [3.8, 4) is 0 Å². The fourth-order valence-electron chi connectivity index (χ4n) is 4.94. The van der Waals surface area contributed by atoms with Gasteiger partial charge in [0.2, 0.25) is 5.78 Å². The number of aromatic nitrogens is 4. The van der Waals surface area contributed by atoms with E-state index in [0.29, 0.717) is 48.4 Å². The Morgan fingerprint density at radius 3 is 2.58 bits per heavy atom. The Bertz CT molecular complexity index is 1670. The molecule has 7 nitrogen and oxygen atoms in total. The predicted molar refractivity (Wildman–Crippen MR) is 151 cm³/mol. The first-order valence-corrected chi connectivity index (χ1v) is 14.6. The number of hydrogen-bond donors (Lipinski definition) is 0. The van der Waals surface area contributed by atoms with Gasteiger partial charge in [0.25, 0.3) is 5.56 Å². The Kier molecular flexibility index (Phi) is 6.90. The number of carbonyl (C=O) groups is 1. The lowest BCUT2D eigenvalue weighted by atomic mass is 9.96. The van der Waals surface area contributed by atoms with Crippen molar-refractivity contribution < 1.29 is 9.53 Å². The van der Waals surface area contributed by atoms with Crippen molar-refractivity contribution in [1.82, 2.24) is 19.2 Å². The van der Waals surface area contributed by atoms with Crippen LogP contribution in [0.25, 0.3) is 16.0 Å². The number of nitrogens with zero attached hydrogens (tertiary/aromatic N) is 4. The van der Waals surface area contributed by atoms with Gasteiger partial charge in [-0.25, -0.2) is 4.40 Å². The topological polar surface area (TPSA) is 78.5 Å². The highest BCUT2D eigenvalue weighted by Gasteiger charge is 2.30. The van der Waals surface area contributed by atoms with Crippen LogP contribution >= 0.6 is 23.1 Å². The predicted octanol–water partition coefficient (Wildman–Crippen LogP) is 5.42. The summed E-state index contributed by atoms with van der Waals surface area (Å²) in [6.45, 7) is 5.29. The van der Waals surface area contributed by atoms with Gasteiger partial charge in [-0.05, 0) is 23.5 Å². The molecule has 6 rings (SSSR count). The van der Waals surface area contributed by atoms with Crippen LogP contribution in [0.2, 0.25) is 0 Å². The first kappa shape index (κ1) is 25.0. The summed E-state index contributed by atoms with van der Waals surface area (Å²) < 4.78 is 9.85. The number of aryl methyl sites for hydroxylation is 2. The lowest BCUT2D eigenvalue weighted by Crippen LogP contribution is -2.29. The lowest BCUT2D eigenvalue weighted by Gasteiger charge is -2.26. The summed E-state index contributed by atoms with van der Waals surface area (Å²) in [5, 5.41) is 10.3. The van der Waals surface area contributed by atoms with E-state index in [9.17, 15) is 9.59 Å². The van der Waals surface area contributed by atoms with E-state index in [4.69, 9.17) is 4.74 Å². The molecule has 0 amide bonds. The molecular formula is C29H28N4O3S2. The van der Waals surface area contributed by atoms with Crippen molar-refractivity contribution in [3.63, 3.8) is 0 Å². The number of rotatable bonds is 8. The number of ether oxygens (including phenoxy) is 1. The number of Topliss-reactive ketones (excluding diaryl/α,β-unsaturated/α-hetero) is 1. The van der Waals surface area contributed by atoms with Gasteiger partial charge in [0.05, 0.1) is 23.8 Å². The molecular weight excluding hydrogens is 516 g/mol. The zero-order chi connectivity index (χ0) is 26.2. The number of ketones is 1. The number of thioether (sulfide) groups is 1. The fraction of sp³-hybridized carbons (Fsp3) is 0.310. The zero-order valence-electron chi connectivity index (χ0n) is 21.3. The minimum atomic E-state index is -0.0327. The Labute approximate surface area is 228 Å². The largest absolute Gasteiger partial charge is 0.372 e. The van der Waals surface area contributed by atoms with E-state index in [-0.39, 0.29) is 23.2 Å². The van der Waals surface area contributed by atoms with E-state index in [0.717, 1.165) is 26.2 Å². The minimum Gasteiger partial charge on any atom is -0.372 e. The third-order valence-corrected chi connectivity index (χ3v) is 9.18. The molecule has 0 N–H and O–H groups in total. The molecule has 1 aliphatic rings. The summed E-state index contributed by atoms with van der Waals surface area (Å²) >= 11 is 2.93. The highest BCUT2D eigenvalue weighted by atomic mass is 32.2. The third-order valence-electron chi connectivity index (χ3n) is 7.06. The average Bonchev–Trinajstić information content (AvgIpc) is 3.54. The van der Waals surface area contributed by atoms with Crippen LogP contribution in [0.15, 0.2) is 70.6 Å². The van der Waals surface area contributed by atoms with Crippen LogP contribution in [0.1, 0.15) is 40.2 Å². The maximum Gasteiger partial charge on any atom is 0.263 e. The summed E-state index contributed by atoms with van der Waals surface area (Å²) in [5.41, 5.74) is 2.87. The number of thiophene rings is 1. The third kappa shape index (κ3) is 4.59. The normalized spacial score (nSPS) is 15.4. The van der Waals surface area contributed by atoms with Crippen LogP contribution < -0.4 is 5.56 Å². The van der Waals surface area contributed by atoms with Crippen molar-refractivity contribution in [2.45, 2.75) is 51.1 Å². The highest BCUT2D eigenvalue weighted by molar-refractivity contribution is 7.99. The summed E-state index contributed by atoms with van der Waals surface area (Å²) in [7, 11) is 0. The minimum absolute atomic E-state index is 0.0274.